The Hall–Kier alpha value is -2.89. The average molecular weight is 316 g/mol. The minimum atomic E-state index is -0.660. The molecule has 6 heteroatoms. The van der Waals surface area contributed by atoms with E-state index in [9.17, 15) is 15.0 Å². The van der Waals surface area contributed by atoms with E-state index in [4.69, 9.17) is 14.2 Å². The zero-order chi connectivity index (χ0) is 16.6. The van der Waals surface area contributed by atoms with Crippen molar-refractivity contribution in [3.8, 4) is 28.7 Å². The van der Waals surface area contributed by atoms with E-state index in [-0.39, 0.29) is 23.9 Å². The zero-order valence-corrected chi connectivity index (χ0v) is 12.7. The lowest BCUT2D eigenvalue weighted by Crippen LogP contribution is -2.26. The number of methoxy groups -OCH3 is 2. The first-order chi connectivity index (χ1) is 11.0. The molecular weight excluding hydrogens is 300 g/mol. The molecule has 0 aromatic heterocycles. The maximum atomic E-state index is 12.7. The Morgan fingerprint density at radius 2 is 1.78 bits per heavy atom. The van der Waals surface area contributed by atoms with Crippen molar-refractivity contribution in [1.29, 1.82) is 0 Å². The van der Waals surface area contributed by atoms with Crippen LogP contribution >= 0.6 is 0 Å². The lowest BCUT2D eigenvalue weighted by molar-refractivity contribution is 0.0893. The fourth-order valence-electron chi connectivity index (χ4n) is 2.66. The van der Waals surface area contributed by atoms with E-state index in [1.165, 1.54) is 38.5 Å². The van der Waals surface area contributed by atoms with E-state index in [2.05, 4.69) is 0 Å². The largest absolute Gasteiger partial charge is 0.508 e. The molecule has 2 N–H and O–H groups in total. The highest BCUT2D eigenvalue weighted by molar-refractivity contribution is 6.04. The maximum absolute atomic E-state index is 12.7. The second-order valence-corrected chi connectivity index (χ2v) is 5.17. The van der Waals surface area contributed by atoms with Gasteiger partial charge in [-0.2, -0.15) is 0 Å². The summed E-state index contributed by atoms with van der Waals surface area (Å²) in [6, 6.07) is 7.32. The fraction of sp³-hybridized carbons (Fsp3) is 0.235. The highest BCUT2D eigenvalue weighted by atomic mass is 16.5. The molecule has 3 rings (SSSR count). The minimum Gasteiger partial charge on any atom is -0.508 e. The number of hydrogen-bond acceptors (Lipinski definition) is 6. The van der Waals surface area contributed by atoms with Crippen molar-refractivity contribution >= 4 is 5.78 Å². The van der Waals surface area contributed by atoms with Crippen LogP contribution in [0.1, 0.15) is 21.8 Å². The Bertz CT molecular complexity index is 768. The van der Waals surface area contributed by atoms with Crippen molar-refractivity contribution in [2.24, 2.45) is 0 Å². The quantitative estimate of drug-likeness (QED) is 0.905. The van der Waals surface area contributed by atoms with Gasteiger partial charge >= 0.3 is 0 Å². The standard InChI is InChI=1S/C17H16O6/c1-21-15-6-11(13(19)7-16(15)22-2)12-8-23-14-5-9(18)3-4-10(14)17(12)20/h3-7,12,18-19H,8H2,1-2H3/t12-/m0/s1. The molecule has 0 unspecified atom stereocenters. The van der Waals surface area contributed by atoms with Gasteiger partial charge < -0.3 is 24.4 Å². The number of carbonyl (C=O) groups excluding carboxylic acids is 1. The number of Topliss-reactive ketones (excluding diaryl/α,β-unsaturated/α-hetero) is 1. The summed E-state index contributed by atoms with van der Waals surface area (Å²) in [7, 11) is 2.95. The summed E-state index contributed by atoms with van der Waals surface area (Å²) in [5.41, 5.74) is 0.777. The number of ketones is 1. The first-order valence-corrected chi connectivity index (χ1v) is 7.00. The van der Waals surface area contributed by atoms with Gasteiger partial charge in [-0.1, -0.05) is 0 Å². The summed E-state index contributed by atoms with van der Waals surface area (Å²) >= 11 is 0. The summed E-state index contributed by atoms with van der Waals surface area (Å²) in [6.45, 7) is 0.0678. The van der Waals surface area contributed by atoms with Crippen molar-refractivity contribution in [2.45, 2.75) is 5.92 Å². The first kappa shape index (κ1) is 15.0. The highest BCUT2D eigenvalue weighted by Crippen LogP contribution is 2.41. The molecule has 2 aromatic rings. The van der Waals surface area contributed by atoms with Gasteiger partial charge in [0, 0.05) is 17.7 Å². The predicted molar refractivity (Wildman–Crippen MR) is 81.9 cm³/mol. The number of fused-ring (bicyclic) bond motifs is 1. The number of benzene rings is 2. The van der Waals surface area contributed by atoms with Crippen molar-refractivity contribution < 1.29 is 29.2 Å². The summed E-state index contributed by atoms with van der Waals surface area (Å²) in [4.78, 5) is 12.7. The van der Waals surface area contributed by atoms with Crippen LogP contribution < -0.4 is 14.2 Å². The van der Waals surface area contributed by atoms with Crippen molar-refractivity contribution in [2.75, 3.05) is 20.8 Å². The number of ether oxygens (including phenoxy) is 3. The molecule has 2 aromatic carbocycles. The molecule has 120 valence electrons. The zero-order valence-electron chi connectivity index (χ0n) is 12.7. The van der Waals surface area contributed by atoms with Crippen LogP contribution in [-0.4, -0.2) is 36.8 Å². The van der Waals surface area contributed by atoms with E-state index >= 15 is 0 Å². The Morgan fingerprint density at radius 1 is 1.09 bits per heavy atom. The number of phenols is 2. The van der Waals surface area contributed by atoms with Gasteiger partial charge in [0.15, 0.2) is 17.3 Å². The number of carbonyl (C=O) groups is 1. The second kappa shape index (κ2) is 5.72. The molecule has 0 amide bonds. The molecule has 0 aliphatic carbocycles. The smallest absolute Gasteiger partial charge is 0.177 e. The number of hydrogen-bond donors (Lipinski definition) is 2. The Kier molecular flexibility index (Phi) is 3.73. The van der Waals surface area contributed by atoms with Crippen LogP contribution in [0.3, 0.4) is 0 Å². The Morgan fingerprint density at radius 3 is 2.48 bits per heavy atom. The van der Waals surface area contributed by atoms with E-state index in [0.717, 1.165) is 0 Å². The van der Waals surface area contributed by atoms with Gasteiger partial charge in [0.25, 0.3) is 0 Å². The molecule has 23 heavy (non-hydrogen) atoms. The van der Waals surface area contributed by atoms with Crippen LogP contribution in [0.15, 0.2) is 30.3 Å². The van der Waals surface area contributed by atoms with Gasteiger partial charge in [-0.3, -0.25) is 4.79 Å². The molecule has 0 spiro atoms. The van der Waals surface area contributed by atoms with Crippen molar-refractivity contribution in [1.82, 2.24) is 0 Å². The van der Waals surface area contributed by atoms with Crippen LogP contribution in [0.4, 0.5) is 0 Å². The first-order valence-electron chi connectivity index (χ1n) is 7.00. The van der Waals surface area contributed by atoms with E-state index in [1.807, 2.05) is 0 Å². The normalized spacial score (nSPS) is 16.4. The van der Waals surface area contributed by atoms with Gasteiger partial charge in [-0.25, -0.2) is 0 Å². The maximum Gasteiger partial charge on any atom is 0.177 e. The summed E-state index contributed by atoms with van der Waals surface area (Å²) < 4.78 is 15.9. The van der Waals surface area contributed by atoms with Gasteiger partial charge in [-0.15, -0.1) is 0 Å². The van der Waals surface area contributed by atoms with Gasteiger partial charge in [0.1, 0.15) is 23.9 Å². The van der Waals surface area contributed by atoms with E-state index < -0.39 is 5.92 Å². The van der Waals surface area contributed by atoms with Gasteiger partial charge in [-0.05, 0) is 18.2 Å². The van der Waals surface area contributed by atoms with Gasteiger partial charge in [0.2, 0.25) is 0 Å². The summed E-state index contributed by atoms with van der Waals surface area (Å²) in [5, 5.41) is 19.7. The van der Waals surface area contributed by atoms with Crippen LogP contribution in [0.2, 0.25) is 0 Å². The second-order valence-electron chi connectivity index (χ2n) is 5.17. The predicted octanol–water partition coefficient (Wildman–Crippen LogP) is 2.47. The minimum absolute atomic E-state index is 0.0314. The van der Waals surface area contributed by atoms with Crippen LogP contribution in [-0.2, 0) is 0 Å². The van der Waals surface area contributed by atoms with E-state index in [1.54, 1.807) is 6.07 Å². The third-order valence-corrected chi connectivity index (χ3v) is 3.86. The molecule has 0 fully saturated rings. The van der Waals surface area contributed by atoms with Crippen LogP contribution in [0.25, 0.3) is 0 Å². The third kappa shape index (κ3) is 2.52. The molecule has 0 saturated heterocycles. The fourth-order valence-corrected chi connectivity index (χ4v) is 2.66. The molecule has 1 heterocycles. The number of rotatable bonds is 3. The molecule has 0 bridgehead atoms. The molecule has 6 nitrogen and oxygen atoms in total. The van der Waals surface area contributed by atoms with Crippen LogP contribution in [0, 0.1) is 0 Å². The molecule has 1 aliphatic heterocycles. The SMILES string of the molecule is COc1cc(O)c([C@@H]2COc3cc(O)ccc3C2=O)cc1OC. The summed E-state index contributed by atoms with van der Waals surface area (Å²) in [5.74, 6) is 0.260. The number of aromatic hydroxyl groups is 2. The van der Waals surface area contributed by atoms with E-state index in [0.29, 0.717) is 28.4 Å². The molecular formula is C17H16O6. The van der Waals surface area contributed by atoms with Crippen molar-refractivity contribution in [3.05, 3.63) is 41.5 Å². The van der Waals surface area contributed by atoms with Crippen molar-refractivity contribution in [3.63, 3.8) is 0 Å². The Balaban J connectivity index is 2.03. The monoisotopic (exact) mass is 316 g/mol. The lowest BCUT2D eigenvalue weighted by Gasteiger charge is -2.25. The third-order valence-electron chi connectivity index (χ3n) is 3.86. The summed E-state index contributed by atoms with van der Waals surface area (Å²) in [6.07, 6.45) is 0. The molecule has 0 saturated carbocycles. The molecule has 1 atom stereocenters. The number of phenolic OH excluding ortho intramolecular Hbond substituents is 2. The average Bonchev–Trinajstić information content (AvgIpc) is 2.55. The molecule has 0 radical (unpaired) electrons. The van der Waals surface area contributed by atoms with Crippen LogP contribution in [0.5, 0.6) is 28.7 Å². The molecule has 1 aliphatic rings. The van der Waals surface area contributed by atoms with Gasteiger partial charge in [0.05, 0.1) is 25.7 Å². The highest BCUT2D eigenvalue weighted by Gasteiger charge is 2.33. The topological polar surface area (TPSA) is 85.2 Å². The Labute approximate surface area is 132 Å². The lowest BCUT2D eigenvalue weighted by atomic mass is 9.88.